The fraction of sp³-hybridized carbons (Fsp3) is 0.182. The first kappa shape index (κ1) is 12.4. The second-order valence-electron chi connectivity index (χ2n) is 3.52. The van der Waals surface area contributed by atoms with Crippen molar-refractivity contribution in [3.05, 3.63) is 42.1 Å². The van der Waals surface area contributed by atoms with Crippen LogP contribution in [0.1, 0.15) is 5.56 Å². The smallest absolute Gasteiger partial charge is 0.416 e. The standard InChI is InChI=1S/C11H8F4N2O/c1-18-10-5-17(6-16-10)9-3-7(11(13,14)15)2-8(12)4-9/h2-6H,1H3. The molecule has 0 aliphatic heterocycles. The third-order valence-corrected chi connectivity index (χ3v) is 2.28. The SMILES string of the molecule is COc1cn(-c2cc(F)cc(C(F)(F)F)c2)cn1. The van der Waals surface area contributed by atoms with Gasteiger partial charge in [0.05, 0.1) is 24.6 Å². The fourth-order valence-electron chi connectivity index (χ4n) is 1.44. The molecular formula is C11H8F4N2O. The molecule has 0 saturated heterocycles. The van der Waals surface area contributed by atoms with Crippen LogP contribution in [0.2, 0.25) is 0 Å². The first-order valence-corrected chi connectivity index (χ1v) is 4.86. The molecule has 7 heteroatoms. The number of alkyl halides is 3. The lowest BCUT2D eigenvalue weighted by atomic mass is 10.2. The van der Waals surface area contributed by atoms with Crippen molar-refractivity contribution in [2.24, 2.45) is 0 Å². The van der Waals surface area contributed by atoms with Crippen LogP contribution in [0.15, 0.2) is 30.7 Å². The zero-order valence-corrected chi connectivity index (χ0v) is 9.20. The minimum Gasteiger partial charge on any atom is -0.480 e. The number of benzene rings is 1. The minimum atomic E-state index is -4.60. The van der Waals surface area contributed by atoms with Gasteiger partial charge in [-0.3, -0.25) is 0 Å². The highest BCUT2D eigenvalue weighted by molar-refractivity contribution is 5.38. The maximum absolute atomic E-state index is 13.2. The van der Waals surface area contributed by atoms with E-state index in [2.05, 4.69) is 4.98 Å². The summed E-state index contributed by atoms with van der Waals surface area (Å²) in [4.78, 5) is 3.77. The Morgan fingerprint density at radius 1 is 1.22 bits per heavy atom. The second-order valence-corrected chi connectivity index (χ2v) is 3.52. The normalized spacial score (nSPS) is 11.6. The van der Waals surface area contributed by atoms with E-state index < -0.39 is 17.6 Å². The van der Waals surface area contributed by atoms with Crippen LogP contribution in [0, 0.1) is 5.82 Å². The Morgan fingerprint density at radius 3 is 2.50 bits per heavy atom. The molecule has 2 aromatic rings. The lowest BCUT2D eigenvalue weighted by molar-refractivity contribution is -0.137. The number of hydrogen-bond donors (Lipinski definition) is 0. The highest BCUT2D eigenvalue weighted by atomic mass is 19.4. The van der Waals surface area contributed by atoms with E-state index in [-0.39, 0.29) is 11.6 Å². The molecule has 0 spiro atoms. The van der Waals surface area contributed by atoms with Crippen molar-refractivity contribution >= 4 is 0 Å². The van der Waals surface area contributed by atoms with E-state index in [0.29, 0.717) is 6.07 Å². The molecule has 3 nitrogen and oxygen atoms in total. The molecule has 1 aromatic carbocycles. The maximum Gasteiger partial charge on any atom is 0.416 e. The van der Waals surface area contributed by atoms with Gasteiger partial charge in [-0.05, 0) is 18.2 Å². The lowest BCUT2D eigenvalue weighted by Crippen LogP contribution is -2.06. The number of ether oxygens (including phenoxy) is 1. The summed E-state index contributed by atoms with van der Waals surface area (Å²) in [6.45, 7) is 0. The van der Waals surface area contributed by atoms with E-state index in [0.717, 1.165) is 12.1 Å². The molecule has 0 bridgehead atoms. The molecule has 18 heavy (non-hydrogen) atoms. The second kappa shape index (κ2) is 4.32. The van der Waals surface area contributed by atoms with Crippen LogP contribution < -0.4 is 4.74 Å². The van der Waals surface area contributed by atoms with E-state index >= 15 is 0 Å². The average Bonchev–Trinajstić information content (AvgIpc) is 2.75. The molecule has 96 valence electrons. The van der Waals surface area contributed by atoms with Crippen molar-refractivity contribution in [3.63, 3.8) is 0 Å². The molecule has 1 heterocycles. The van der Waals surface area contributed by atoms with E-state index in [9.17, 15) is 17.6 Å². The van der Waals surface area contributed by atoms with E-state index in [4.69, 9.17) is 4.74 Å². The molecule has 0 amide bonds. The Kier molecular flexibility index (Phi) is 2.98. The van der Waals surface area contributed by atoms with Gasteiger partial charge in [0.25, 0.3) is 0 Å². The largest absolute Gasteiger partial charge is 0.480 e. The van der Waals surface area contributed by atoms with Gasteiger partial charge in [0.1, 0.15) is 12.1 Å². The van der Waals surface area contributed by atoms with E-state index in [1.807, 2.05) is 0 Å². The average molecular weight is 260 g/mol. The Bertz CT molecular complexity index is 562. The van der Waals surface area contributed by atoms with Gasteiger partial charge in [0.15, 0.2) is 0 Å². The van der Waals surface area contributed by atoms with Gasteiger partial charge in [0.2, 0.25) is 5.88 Å². The Hall–Kier alpha value is -2.05. The molecule has 0 radical (unpaired) electrons. The van der Waals surface area contributed by atoms with Crippen molar-refractivity contribution in [1.29, 1.82) is 0 Å². The van der Waals surface area contributed by atoms with Crippen molar-refractivity contribution in [2.75, 3.05) is 7.11 Å². The third-order valence-electron chi connectivity index (χ3n) is 2.28. The molecule has 0 saturated carbocycles. The number of halogens is 4. The van der Waals surface area contributed by atoms with Gasteiger partial charge in [0, 0.05) is 0 Å². The van der Waals surface area contributed by atoms with Gasteiger partial charge < -0.3 is 9.30 Å². The Balaban J connectivity index is 2.48. The van der Waals surface area contributed by atoms with Crippen LogP contribution in [-0.2, 0) is 6.18 Å². The topological polar surface area (TPSA) is 27.1 Å². The Labute approximate surface area is 99.6 Å². The monoisotopic (exact) mass is 260 g/mol. The summed E-state index contributed by atoms with van der Waals surface area (Å²) in [5.41, 5.74) is -1.02. The molecular weight excluding hydrogens is 252 g/mol. The van der Waals surface area contributed by atoms with Crippen LogP contribution >= 0.6 is 0 Å². The van der Waals surface area contributed by atoms with Crippen molar-refractivity contribution in [3.8, 4) is 11.6 Å². The summed E-state index contributed by atoms with van der Waals surface area (Å²) in [7, 11) is 1.37. The highest BCUT2D eigenvalue weighted by Gasteiger charge is 2.31. The van der Waals surface area contributed by atoms with Gasteiger partial charge in [-0.1, -0.05) is 0 Å². The summed E-state index contributed by atoms with van der Waals surface area (Å²) < 4.78 is 56.8. The van der Waals surface area contributed by atoms with E-state index in [1.165, 1.54) is 24.2 Å². The molecule has 0 aliphatic carbocycles. The maximum atomic E-state index is 13.2. The zero-order chi connectivity index (χ0) is 13.3. The lowest BCUT2D eigenvalue weighted by Gasteiger charge is -2.09. The van der Waals surface area contributed by atoms with Crippen molar-refractivity contribution in [2.45, 2.75) is 6.18 Å². The summed E-state index contributed by atoms with van der Waals surface area (Å²) >= 11 is 0. The van der Waals surface area contributed by atoms with E-state index in [1.54, 1.807) is 0 Å². The summed E-state index contributed by atoms with van der Waals surface area (Å²) in [5.74, 6) is -0.736. The van der Waals surface area contributed by atoms with Gasteiger partial charge in [-0.15, -0.1) is 0 Å². The molecule has 1 aromatic heterocycles. The van der Waals surface area contributed by atoms with Crippen LogP contribution in [0.25, 0.3) is 5.69 Å². The molecule has 0 fully saturated rings. The summed E-state index contributed by atoms with van der Waals surface area (Å²) in [6, 6.07) is 2.26. The fourth-order valence-corrected chi connectivity index (χ4v) is 1.44. The molecule has 0 aliphatic rings. The first-order valence-electron chi connectivity index (χ1n) is 4.86. The van der Waals surface area contributed by atoms with Crippen LogP contribution in [0.3, 0.4) is 0 Å². The van der Waals surface area contributed by atoms with Crippen LogP contribution in [-0.4, -0.2) is 16.7 Å². The van der Waals surface area contributed by atoms with Gasteiger partial charge in [-0.25, -0.2) is 9.37 Å². The van der Waals surface area contributed by atoms with Gasteiger partial charge in [-0.2, -0.15) is 13.2 Å². The summed E-state index contributed by atoms with van der Waals surface area (Å²) in [5, 5.41) is 0. The molecule has 0 atom stereocenters. The number of nitrogens with zero attached hydrogens (tertiary/aromatic N) is 2. The number of imidazole rings is 1. The molecule has 0 N–H and O–H groups in total. The quantitative estimate of drug-likeness (QED) is 0.776. The van der Waals surface area contributed by atoms with Crippen LogP contribution in [0.5, 0.6) is 5.88 Å². The van der Waals surface area contributed by atoms with Gasteiger partial charge >= 0.3 is 6.18 Å². The zero-order valence-electron chi connectivity index (χ0n) is 9.20. The number of methoxy groups -OCH3 is 1. The number of aromatic nitrogens is 2. The number of rotatable bonds is 2. The molecule has 2 rings (SSSR count). The minimum absolute atomic E-state index is 0.0260. The van der Waals surface area contributed by atoms with Crippen LogP contribution in [0.4, 0.5) is 17.6 Å². The summed E-state index contributed by atoms with van der Waals surface area (Å²) in [6.07, 6.45) is -2.00. The highest BCUT2D eigenvalue weighted by Crippen LogP contribution is 2.31. The molecule has 0 unspecified atom stereocenters. The predicted molar refractivity (Wildman–Crippen MR) is 55.1 cm³/mol. The van der Waals surface area contributed by atoms with Crippen molar-refractivity contribution in [1.82, 2.24) is 9.55 Å². The first-order chi connectivity index (χ1) is 8.40. The Morgan fingerprint density at radius 2 is 1.94 bits per heavy atom. The predicted octanol–water partition coefficient (Wildman–Crippen LogP) is 3.04. The third kappa shape index (κ3) is 2.44. The number of hydrogen-bond acceptors (Lipinski definition) is 2. The van der Waals surface area contributed by atoms with Crippen molar-refractivity contribution < 1.29 is 22.3 Å².